The number of ether oxygens (including phenoxy) is 1. The van der Waals surface area contributed by atoms with E-state index >= 15 is 0 Å². The van der Waals surface area contributed by atoms with Crippen LogP contribution in [0.3, 0.4) is 0 Å². The van der Waals surface area contributed by atoms with Crippen LogP contribution in [-0.4, -0.2) is 22.9 Å². The number of primary amides is 1. The Morgan fingerprint density at radius 3 is 2.41 bits per heavy atom. The number of carbonyl (C=O) groups excluding carboxylic acids is 2. The van der Waals surface area contributed by atoms with Crippen molar-refractivity contribution < 1.29 is 14.3 Å². The molecule has 0 aliphatic rings. The molecule has 150 valence electrons. The van der Waals surface area contributed by atoms with Gasteiger partial charge in [0.25, 0.3) is 5.91 Å². The molecular weight excluding hydrogens is 388 g/mol. The fourth-order valence-electron chi connectivity index (χ4n) is 3.58. The average molecular weight is 411 g/mol. The lowest BCUT2D eigenvalue weighted by Crippen LogP contribution is -2.17. The monoisotopic (exact) mass is 410 g/mol. The SMILES string of the molecule is Cc1cc(C(=O)COc2ccc(Cl)cc2C(N)=O)c(C)n1[C@@H](C)c1ccccc1. The molecule has 0 saturated carbocycles. The Hall–Kier alpha value is -3.05. The molecule has 1 amide bonds. The second-order valence-electron chi connectivity index (χ2n) is 6.96. The molecule has 0 bridgehead atoms. The van der Waals surface area contributed by atoms with E-state index in [4.69, 9.17) is 22.1 Å². The number of aromatic nitrogens is 1. The molecule has 3 rings (SSSR count). The van der Waals surface area contributed by atoms with Gasteiger partial charge in [0.2, 0.25) is 5.78 Å². The van der Waals surface area contributed by atoms with Crippen LogP contribution < -0.4 is 10.5 Å². The van der Waals surface area contributed by atoms with Gasteiger partial charge in [-0.25, -0.2) is 0 Å². The fourth-order valence-corrected chi connectivity index (χ4v) is 3.75. The summed E-state index contributed by atoms with van der Waals surface area (Å²) in [7, 11) is 0. The van der Waals surface area contributed by atoms with Gasteiger partial charge in [-0.15, -0.1) is 0 Å². The molecule has 0 aliphatic heterocycles. The van der Waals surface area contributed by atoms with Gasteiger partial charge >= 0.3 is 0 Å². The summed E-state index contributed by atoms with van der Waals surface area (Å²) in [6.07, 6.45) is 0. The number of amides is 1. The van der Waals surface area contributed by atoms with E-state index in [1.807, 2.05) is 38.1 Å². The number of hydrogen-bond donors (Lipinski definition) is 1. The van der Waals surface area contributed by atoms with Crippen LogP contribution in [0.25, 0.3) is 0 Å². The Bertz CT molecular complexity index is 1060. The van der Waals surface area contributed by atoms with E-state index < -0.39 is 5.91 Å². The zero-order valence-electron chi connectivity index (χ0n) is 16.6. The maximum Gasteiger partial charge on any atom is 0.252 e. The zero-order valence-corrected chi connectivity index (χ0v) is 17.4. The van der Waals surface area contributed by atoms with E-state index in [1.165, 1.54) is 12.1 Å². The molecule has 2 N–H and O–H groups in total. The standard InChI is InChI=1S/C23H23ClN2O3/c1-14-11-19(16(3)26(14)15(2)17-7-5-4-6-8-17)21(27)13-29-22-10-9-18(24)12-20(22)23(25)28/h4-12,15H,13H2,1-3H3,(H2,25,28)/t15-/m0/s1. The maximum atomic E-state index is 12.8. The third-order valence-corrected chi connectivity index (χ3v) is 5.25. The number of halogens is 1. The lowest BCUT2D eigenvalue weighted by atomic mass is 10.1. The average Bonchev–Trinajstić information content (AvgIpc) is 3.01. The topological polar surface area (TPSA) is 74.3 Å². The number of carbonyl (C=O) groups is 2. The van der Waals surface area contributed by atoms with Crippen LogP contribution in [0.4, 0.5) is 0 Å². The van der Waals surface area contributed by atoms with Crippen LogP contribution in [0.5, 0.6) is 5.75 Å². The van der Waals surface area contributed by atoms with E-state index in [1.54, 1.807) is 6.07 Å². The van der Waals surface area contributed by atoms with Gasteiger partial charge in [-0.2, -0.15) is 0 Å². The minimum atomic E-state index is -0.662. The molecule has 0 fully saturated rings. The first-order valence-corrected chi connectivity index (χ1v) is 9.66. The Balaban J connectivity index is 1.82. The highest BCUT2D eigenvalue weighted by Gasteiger charge is 2.20. The molecule has 1 atom stereocenters. The smallest absolute Gasteiger partial charge is 0.252 e. The van der Waals surface area contributed by atoms with E-state index in [0.29, 0.717) is 10.6 Å². The molecule has 0 spiro atoms. The van der Waals surface area contributed by atoms with Crippen molar-refractivity contribution in [2.45, 2.75) is 26.8 Å². The summed E-state index contributed by atoms with van der Waals surface area (Å²) in [5.41, 5.74) is 9.14. The highest BCUT2D eigenvalue weighted by atomic mass is 35.5. The van der Waals surface area contributed by atoms with Crippen molar-refractivity contribution in [3.63, 3.8) is 0 Å². The molecule has 2 aromatic carbocycles. The number of aryl methyl sites for hydroxylation is 1. The summed E-state index contributed by atoms with van der Waals surface area (Å²) in [6, 6.07) is 16.6. The van der Waals surface area contributed by atoms with Gasteiger partial charge in [0.1, 0.15) is 5.75 Å². The quantitative estimate of drug-likeness (QED) is 0.572. The number of hydrogen-bond acceptors (Lipinski definition) is 3. The normalized spacial score (nSPS) is 11.9. The van der Waals surface area contributed by atoms with Crippen LogP contribution in [0.1, 0.15) is 50.6 Å². The predicted octanol–water partition coefficient (Wildman–Crippen LogP) is 4.73. The van der Waals surface area contributed by atoms with Crippen LogP contribution >= 0.6 is 11.6 Å². The summed E-state index contributed by atoms with van der Waals surface area (Å²) in [4.78, 5) is 24.4. The Morgan fingerprint density at radius 1 is 1.07 bits per heavy atom. The van der Waals surface area contributed by atoms with Crippen molar-refractivity contribution in [2.24, 2.45) is 5.73 Å². The van der Waals surface area contributed by atoms with Gasteiger partial charge in [-0.3, -0.25) is 9.59 Å². The lowest BCUT2D eigenvalue weighted by molar-refractivity contribution is 0.0911. The van der Waals surface area contributed by atoms with Gasteiger partial charge in [0, 0.05) is 22.0 Å². The maximum absolute atomic E-state index is 12.8. The van der Waals surface area contributed by atoms with Crippen LogP contribution in [0, 0.1) is 13.8 Å². The minimum Gasteiger partial charge on any atom is -0.485 e. The van der Waals surface area contributed by atoms with E-state index in [9.17, 15) is 9.59 Å². The van der Waals surface area contributed by atoms with Crippen LogP contribution in [0.2, 0.25) is 5.02 Å². The highest BCUT2D eigenvalue weighted by Crippen LogP contribution is 2.27. The molecule has 0 aliphatic carbocycles. The van der Waals surface area contributed by atoms with E-state index in [2.05, 4.69) is 23.6 Å². The summed E-state index contributed by atoms with van der Waals surface area (Å²) in [5, 5.41) is 0.371. The molecular formula is C23H23ClN2O3. The number of Topliss-reactive ketones (excluding diaryl/α,β-unsaturated/α-hetero) is 1. The third kappa shape index (κ3) is 4.35. The molecule has 5 nitrogen and oxygen atoms in total. The van der Waals surface area contributed by atoms with Gasteiger partial charge in [0.15, 0.2) is 6.61 Å². The largest absolute Gasteiger partial charge is 0.485 e. The Labute approximate surface area is 175 Å². The van der Waals surface area contributed by atoms with Gasteiger partial charge in [0.05, 0.1) is 11.6 Å². The molecule has 0 saturated heterocycles. The van der Waals surface area contributed by atoms with Gasteiger partial charge < -0.3 is 15.0 Å². The third-order valence-electron chi connectivity index (χ3n) is 5.02. The van der Waals surface area contributed by atoms with Crippen molar-refractivity contribution >= 4 is 23.3 Å². The van der Waals surface area contributed by atoms with Crippen LogP contribution in [0.15, 0.2) is 54.6 Å². The Kier molecular flexibility index (Phi) is 6.09. The number of rotatable bonds is 7. The van der Waals surface area contributed by atoms with Crippen molar-refractivity contribution in [2.75, 3.05) is 6.61 Å². The summed E-state index contributed by atoms with van der Waals surface area (Å²) in [6.45, 7) is 5.81. The predicted molar refractivity (Wildman–Crippen MR) is 114 cm³/mol. The second-order valence-corrected chi connectivity index (χ2v) is 7.39. The van der Waals surface area contributed by atoms with Crippen molar-refractivity contribution in [1.82, 2.24) is 4.57 Å². The fraction of sp³-hybridized carbons (Fsp3) is 0.217. The molecule has 0 unspecified atom stereocenters. The molecule has 6 heteroatoms. The Morgan fingerprint density at radius 2 is 1.76 bits per heavy atom. The molecule has 1 heterocycles. The van der Waals surface area contributed by atoms with Gasteiger partial charge in [-0.05, 0) is 50.6 Å². The molecule has 29 heavy (non-hydrogen) atoms. The van der Waals surface area contributed by atoms with Crippen molar-refractivity contribution in [1.29, 1.82) is 0 Å². The number of nitrogens with two attached hydrogens (primary N) is 1. The molecule has 1 aromatic heterocycles. The highest BCUT2D eigenvalue weighted by molar-refractivity contribution is 6.31. The summed E-state index contributed by atoms with van der Waals surface area (Å²) in [5.74, 6) is -0.596. The first-order valence-electron chi connectivity index (χ1n) is 9.28. The number of nitrogens with zero attached hydrogens (tertiary/aromatic N) is 1. The van der Waals surface area contributed by atoms with E-state index in [0.717, 1.165) is 17.0 Å². The number of ketones is 1. The van der Waals surface area contributed by atoms with Gasteiger partial charge in [-0.1, -0.05) is 41.9 Å². The summed E-state index contributed by atoms with van der Waals surface area (Å²) >= 11 is 5.91. The molecule has 3 aromatic rings. The molecule has 0 radical (unpaired) electrons. The summed E-state index contributed by atoms with van der Waals surface area (Å²) < 4.78 is 7.74. The lowest BCUT2D eigenvalue weighted by Gasteiger charge is -2.19. The minimum absolute atomic E-state index is 0.0939. The first kappa shape index (κ1) is 20.7. The van der Waals surface area contributed by atoms with Crippen molar-refractivity contribution in [3.8, 4) is 5.75 Å². The zero-order chi connectivity index (χ0) is 21.1. The van der Waals surface area contributed by atoms with E-state index in [-0.39, 0.29) is 29.7 Å². The first-order chi connectivity index (χ1) is 13.8. The number of benzene rings is 2. The second kappa shape index (κ2) is 8.53. The van der Waals surface area contributed by atoms with Crippen LogP contribution in [-0.2, 0) is 0 Å². The van der Waals surface area contributed by atoms with Crippen molar-refractivity contribution in [3.05, 3.63) is 87.7 Å².